The Morgan fingerprint density at radius 3 is 2.63 bits per heavy atom. The molecule has 0 saturated carbocycles. The zero-order valence-corrected chi connectivity index (χ0v) is 14.4. The summed E-state index contributed by atoms with van der Waals surface area (Å²) in [6, 6.07) is 8.73. The van der Waals surface area contributed by atoms with Crippen LogP contribution >= 0.6 is 0 Å². The van der Waals surface area contributed by atoms with Gasteiger partial charge in [-0.3, -0.25) is 9.59 Å². The van der Waals surface area contributed by atoms with E-state index in [9.17, 15) is 22.8 Å². The summed E-state index contributed by atoms with van der Waals surface area (Å²) in [5, 5.41) is 5.25. The lowest BCUT2D eigenvalue weighted by atomic mass is 9.99. The van der Waals surface area contributed by atoms with Crippen molar-refractivity contribution in [3.8, 4) is 16.9 Å². The number of alkyl halides is 3. The summed E-state index contributed by atoms with van der Waals surface area (Å²) >= 11 is 0. The molecule has 2 N–H and O–H groups in total. The quantitative estimate of drug-likeness (QED) is 0.860. The highest BCUT2D eigenvalue weighted by Gasteiger charge is 2.31. The van der Waals surface area contributed by atoms with Gasteiger partial charge in [-0.2, -0.15) is 13.2 Å². The first-order chi connectivity index (χ1) is 12.8. The summed E-state index contributed by atoms with van der Waals surface area (Å²) in [7, 11) is 1.36. The van der Waals surface area contributed by atoms with E-state index >= 15 is 0 Å². The van der Waals surface area contributed by atoms with Gasteiger partial charge in [0.15, 0.2) is 0 Å². The highest BCUT2D eigenvalue weighted by atomic mass is 19.4. The van der Waals surface area contributed by atoms with Gasteiger partial charge in [0.25, 0.3) is 5.91 Å². The predicted octanol–water partition coefficient (Wildman–Crippen LogP) is 3.00. The van der Waals surface area contributed by atoms with Crippen LogP contribution in [0.5, 0.6) is 5.75 Å². The summed E-state index contributed by atoms with van der Waals surface area (Å²) in [6.45, 7) is 0.491. The van der Waals surface area contributed by atoms with Crippen LogP contribution in [-0.4, -0.2) is 31.5 Å². The molecule has 1 heterocycles. The first kappa shape index (κ1) is 18.8. The summed E-state index contributed by atoms with van der Waals surface area (Å²) < 4.78 is 44.3. The minimum Gasteiger partial charge on any atom is -0.496 e. The Bertz CT molecular complexity index is 881. The van der Waals surface area contributed by atoms with Gasteiger partial charge < -0.3 is 15.4 Å². The number of carbonyl (C=O) groups is 2. The second-order valence-corrected chi connectivity index (χ2v) is 6.10. The van der Waals surface area contributed by atoms with Gasteiger partial charge in [0.1, 0.15) is 11.8 Å². The molecular weight excluding hydrogens is 361 g/mol. The van der Waals surface area contributed by atoms with Gasteiger partial charge in [-0.05, 0) is 42.3 Å². The fraction of sp³-hybridized carbons (Fsp3) is 0.263. The van der Waals surface area contributed by atoms with Gasteiger partial charge in [0, 0.05) is 17.7 Å². The van der Waals surface area contributed by atoms with Crippen molar-refractivity contribution in [3.63, 3.8) is 0 Å². The Morgan fingerprint density at radius 2 is 2.00 bits per heavy atom. The van der Waals surface area contributed by atoms with Gasteiger partial charge in [0.2, 0.25) is 5.91 Å². The van der Waals surface area contributed by atoms with Gasteiger partial charge in [-0.15, -0.1) is 0 Å². The van der Waals surface area contributed by atoms with Crippen LogP contribution in [0.15, 0.2) is 42.5 Å². The fourth-order valence-electron chi connectivity index (χ4n) is 2.91. The van der Waals surface area contributed by atoms with E-state index in [-0.39, 0.29) is 22.8 Å². The van der Waals surface area contributed by atoms with Crippen LogP contribution in [0.25, 0.3) is 11.1 Å². The van der Waals surface area contributed by atoms with Gasteiger partial charge in [-0.1, -0.05) is 12.1 Å². The number of benzene rings is 2. The number of hydrogen-bond donors (Lipinski definition) is 2. The highest BCUT2D eigenvalue weighted by molar-refractivity contribution is 5.99. The first-order valence-corrected chi connectivity index (χ1v) is 8.24. The summed E-state index contributed by atoms with van der Waals surface area (Å²) in [5.74, 6) is -0.459. The molecule has 0 radical (unpaired) electrons. The third kappa shape index (κ3) is 4.05. The van der Waals surface area contributed by atoms with Crippen LogP contribution in [0, 0.1) is 0 Å². The minimum absolute atomic E-state index is 0.223. The van der Waals surface area contributed by atoms with Crippen molar-refractivity contribution in [1.29, 1.82) is 0 Å². The molecule has 1 unspecified atom stereocenters. The first-order valence-electron chi connectivity index (χ1n) is 8.24. The fourth-order valence-corrected chi connectivity index (χ4v) is 2.91. The van der Waals surface area contributed by atoms with Crippen LogP contribution in [-0.2, 0) is 11.0 Å². The molecular formula is C19H17F3N2O3. The molecule has 8 heteroatoms. The second-order valence-electron chi connectivity index (χ2n) is 6.10. The van der Waals surface area contributed by atoms with E-state index in [0.717, 1.165) is 12.1 Å². The number of hydrogen-bond acceptors (Lipinski definition) is 3. The molecule has 2 amide bonds. The van der Waals surface area contributed by atoms with Crippen LogP contribution in [0.4, 0.5) is 13.2 Å². The molecule has 0 aliphatic carbocycles. The molecule has 0 bridgehead atoms. The van der Waals surface area contributed by atoms with E-state index in [4.69, 9.17) is 4.74 Å². The van der Waals surface area contributed by atoms with Crippen molar-refractivity contribution >= 4 is 11.8 Å². The second kappa shape index (κ2) is 7.30. The Balaban J connectivity index is 1.93. The van der Waals surface area contributed by atoms with Crippen molar-refractivity contribution in [1.82, 2.24) is 10.6 Å². The van der Waals surface area contributed by atoms with E-state index in [1.165, 1.54) is 25.3 Å². The van der Waals surface area contributed by atoms with Crippen LogP contribution in [0.1, 0.15) is 22.3 Å². The topological polar surface area (TPSA) is 67.4 Å². The Hall–Kier alpha value is -3.03. The Labute approximate surface area is 153 Å². The number of rotatable bonds is 4. The number of methoxy groups -OCH3 is 1. The maximum absolute atomic E-state index is 13.0. The lowest BCUT2D eigenvalue weighted by Gasteiger charge is -2.14. The smallest absolute Gasteiger partial charge is 0.416 e. The molecule has 1 atom stereocenters. The van der Waals surface area contributed by atoms with Crippen molar-refractivity contribution in [2.75, 3.05) is 13.7 Å². The largest absolute Gasteiger partial charge is 0.496 e. The molecule has 142 valence electrons. The monoisotopic (exact) mass is 378 g/mol. The number of amides is 2. The molecule has 1 fully saturated rings. The van der Waals surface area contributed by atoms with E-state index in [0.29, 0.717) is 18.5 Å². The van der Waals surface area contributed by atoms with E-state index in [2.05, 4.69) is 10.6 Å². The predicted molar refractivity (Wildman–Crippen MR) is 92.3 cm³/mol. The normalized spacial score (nSPS) is 16.7. The van der Waals surface area contributed by atoms with Gasteiger partial charge in [0.05, 0.1) is 12.7 Å². The molecule has 2 aromatic carbocycles. The summed E-state index contributed by atoms with van der Waals surface area (Å²) in [5.41, 5.74) is 0.0597. The van der Waals surface area contributed by atoms with Crippen molar-refractivity contribution < 1.29 is 27.5 Å². The molecule has 1 aliphatic heterocycles. The van der Waals surface area contributed by atoms with Gasteiger partial charge in [-0.25, -0.2) is 0 Å². The maximum Gasteiger partial charge on any atom is 0.416 e. The number of halogens is 3. The maximum atomic E-state index is 13.0. The number of nitrogens with one attached hydrogen (secondary N) is 2. The molecule has 3 rings (SSSR count). The van der Waals surface area contributed by atoms with Crippen molar-refractivity contribution in [2.45, 2.75) is 18.6 Å². The van der Waals surface area contributed by atoms with Gasteiger partial charge >= 0.3 is 6.18 Å². The average molecular weight is 378 g/mol. The van der Waals surface area contributed by atoms with Crippen molar-refractivity contribution in [2.24, 2.45) is 0 Å². The third-order valence-electron chi connectivity index (χ3n) is 4.32. The average Bonchev–Trinajstić information content (AvgIpc) is 3.05. The molecule has 5 nitrogen and oxygen atoms in total. The number of carbonyl (C=O) groups excluding carboxylic acids is 2. The van der Waals surface area contributed by atoms with Crippen LogP contribution in [0.2, 0.25) is 0 Å². The molecule has 27 heavy (non-hydrogen) atoms. The zero-order valence-electron chi connectivity index (χ0n) is 14.4. The molecule has 2 aromatic rings. The van der Waals surface area contributed by atoms with E-state index in [1.807, 2.05) is 0 Å². The summed E-state index contributed by atoms with van der Waals surface area (Å²) in [6.07, 6.45) is -4.00. The van der Waals surface area contributed by atoms with E-state index < -0.39 is 23.7 Å². The Kier molecular flexibility index (Phi) is 5.07. The van der Waals surface area contributed by atoms with Crippen molar-refractivity contribution in [3.05, 3.63) is 53.6 Å². The van der Waals surface area contributed by atoms with Crippen LogP contribution in [0.3, 0.4) is 0 Å². The lowest BCUT2D eigenvalue weighted by Crippen LogP contribution is -2.40. The SMILES string of the molecule is COc1ccc(C(F)(F)F)cc1-c1cccc(C(=O)NC2CCNC2=O)c1. The number of ether oxygens (including phenoxy) is 1. The molecule has 1 saturated heterocycles. The van der Waals surface area contributed by atoms with E-state index in [1.54, 1.807) is 12.1 Å². The molecule has 0 aromatic heterocycles. The third-order valence-corrected chi connectivity index (χ3v) is 4.32. The highest BCUT2D eigenvalue weighted by Crippen LogP contribution is 2.37. The lowest BCUT2D eigenvalue weighted by molar-refractivity contribution is -0.137. The standard InChI is InChI=1S/C19H17F3N2O3/c1-27-16-6-5-13(19(20,21)22)10-14(16)11-3-2-4-12(9-11)17(25)24-15-7-8-23-18(15)26/h2-6,9-10,15H,7-8H2,1H3,(H,23,26)(H,24,25). The molecule has 1 aliphatic rings. The van der Waals surface area contributed by atoms with Crippen LogP contribution < -0.4 is 15.4 Å². The Morgan fingerprint density at radius 1 is 1.22 bits per heavy atom. The zero-order chi connectivity index (χ0) is 19.6. The summed E-state index contributed by atoms with van der Waals surface area (Å²) in [4.78, 5) is 24.0. The minimum atomic E-state index is -4.49. The molecule has 0 spiro atoms.